The number of rotatable bonds is 0. The first-order valence-electron chi connectivity index (χ1n) is 3.59. The van der Waals surface area contributed by atoms with Crippen LogP contribution in [-0.4, -0.2) is 16.4 Å². The quantitative estimate of drug-likeness (QED) is 0.535. The lowest BCUT2D eigenvalue weighted by Gasteiger charge is -2.19. The van der Waals surface area contributed by atoms with E-state index >= 15 is 0 Å². The van der Waals surface area contributed by atoms with Gasteiger partial charge in [-0.3, -0.25) is 0 Å². The van der Waals surface area contributed by atoms with Gasteiger partial charge in [0.25, 0.3) is 0 Å². The maximum Gasteiger partial charge on any atom is 0.188 e. The van der Waals surface area contributed by atoms with Gasteiger partial charge in [0.1, 0.15) is 0 Å². The normalized spacial score (nSPS) is 44.6. The maximum absolute atomic E-state index is 5.33. The first kappa shape index (κ1) is 6.53. The van der Waals surface area contributed by atoms with Crippen molar-refractivity contribution in [2.75, 3.05) is 5.75 Å². The highest BCUT2D eigenvalue weighted by Gasteiger charge is 2.47. The van der Waals surface area contributed by atoms with Gasteiger partial charge in [0.15, 0.2) is 4.93 Å². The van der Waals surface area contributed by atoms with Crippen LogP contribution in [0.2, 0.25) is 0 Å². The highest BCUT2D eigenvalue weighted by Crippen LogP contribution is 2.47. The second kappa shape index (κ2) is 1.91. The lowest BCUT2D eigenvalue weighted by Crippen LogP contribution is -2.26. The summed E-state index contributed by atoms with van der Waals surface area (Å²) in [5.74, 6) is 1.80. The number of hydrogen-bond acceptors (Lipinski definition) is 3. The van der Waals surface area contributed by atoms with Crippen molar-refractivity contribution in [3.05, 3.63) is 0 Å². The van der Waals surface area contributed by atoms with Gasteiger partial charge in [0.05, 0.1) is 11.6 Å². The molecule has 0 N–H and O–H groups in total. The minimum atomic E-state index is -0.00984. The summed E-state index contributed by atoms with van der Waals surface area (Å²) < 4.78 is 0. The topological polar surface area (TPSA) is 21.6 Å². The Labute approximate surface area is 65.0 Å². The van der Waals surface area contributed by atoms with Crippen LogP contribution in [0.15, 0.2) is 5.16 Å². The van der Waals surface area contributed by atoms with Crippen molar-refractivity contribution in [2.45, 2.75) is 25.2 Å². The second-order valence-electron chi connectivity index (χ2n) is 3.03. The molecule has 0 saturated carbocycles. The zero-order chi connectivity index (χ0) is 7.19. The monoisotopic (exact) mass is 157 g/mol. The van der Waals surface area contributed by atoms with Crippen molar-refractivity contribution in [3.63, 3.8) is 0 Å². The molecule has 2 atom stereocenters. The van der Waals surface area contributed by atoms with Crippen LogP contribution >= 0.6 is 11.8 Å². The van der Waals surface area contributed by atoms with Gasteiger partial charge in [0.2, 0.25) is 0 Å². The van der Waals surface area contributed by atoms with Crippen molar-refractivity contribution in [1.29, 1.82) is 0 Å². The molecule has 0 aromatic heterocycles. The Morgan fingerprint density at radius 1 is 1.80 bits per heavy atom. The SMILES string of the molecule is CC1=NOC2(C)SCCC12. The molecule has 0 aliphatic carbocycles. The molecular formula is C7H11NOS. The number of fused-ring (bicyclic) bond motifs is 1. The zero-order valence-corrected chi connectivity index (χ0v) is 7.07. The van der Waals surface area contributed by atoms with Gasteiger partial charge in [-0.2, -0.15) is 0 Å². The molecule has 2 heterocycles. The van der Waals surface area contributed by atoms with E-state index in [1.165, 1.54) is 17.9 Å². The largest absolute Gasteiger partial charge is 0.378 e. The fourth-order valence-corrected chi connectivity index (χ4v) is 2.99. The molecular weight excluding hydrogens is 146 g/mol. The molecule has 0 aromatic rings. The highest BCUT2D eigenvalue weighted by atomic mass is 32.2. The molecule has 1 fully saturated rings. The molecule has 2 nitrogen and oxygen atoms in total. The average molecular weight is 157 g/mol. The highest BCUT2D eigenvalue weighted by molar-refractivity contribution is 8.00. The molecule has 56 valence electrons. The average Bonchev–Trinajstić information content (AvgIpc) is 2.35. The molecule has 0 amide bonds. The predicted octanol–water partition coefficient (Wildman–Crippen LogP) is 1.86. The van der Waals surface area contributed by atoms with Crippen LogP contribution in [0.4, 0.5) is 0 Å². The van der Waals surface area contributed by atoms with E-state index in [0.717, 1.165) is 0 Å². The van der Waals surface area contributed by atoms with Crippen LogP contribution in [0.25, 0.3) is 0 Å². The molecule has 1 saturated heterocycles. The van der Waals surface area contributed by atoms with Gasteiger partial charge in [-0.05, 0) is 26.0 Å². The lowest BCUT2D eigenvalue weighted by atomic mass is 9.97. The molecule has 0 spiro atoms. The molecule has 0 aromatic carbocycles. The van der Waals surface area contributed by atoms with Crippen LogP contribution in [0.5, 0.6) is 0 Å². The summed E-state index contributed by atoms with van der Waals surface area (Å²) in [4.78, 5) is 5.32. The van der Waals surface area contributed by atoms with Gasteiger partial charge in [-0.1, -0.05) is 5.16 Å². The van der Waals surface area contributed by atoms with Crippen molar-refractivity contribution in [1.82, 2.24) is 0 Å². The van der Waals surface area contributed by atoms with E-state index < -0.39 is 0 Å². The fourth-order valence-electron chi connectivity index (χ4n) is 1.65. The Morgan fingerprint density at radius 2 is 2.60 bits per heavy atom. The summed E-state index contributed by atoms with van der Waals surface area (Å²) in [6, 6.07) is 0. The summed E-state index contributed by atoms with van der Waals surface area (Å²) >= 11 is 1.88. The fraction of sp³-hybridized carbons (Fsp3) is 0.857. The number of thioether (sulfide) groups is 1. The van der Waals surface area contributed by atoms with Crippen molar-refractivity contribution in [2.24, 2.45) is 11.1 Å². The van der Waals surface area contributed by atoms with Gasteiger partial charge < -0.3 is 4.84 Å². The Balaban J connectivity index is 2.27. The van der Waals surface area contributed by atoms with E-state index in [2.05, 4.69) is 19.0 Å². The number of oxime groups is 1. The van der Waals surface area contributed by atoms with Gasteiger partial charge in [0, 0.05) is 0 Å². The summed E-state index contributed by atoms with van der Waals surface area (Å²) in [7, 11) is 0. The van der Waals surface area contributed by atoms with E-state index in [4.69, 9.17) is 4.84 Å². The van der Waals surface area contributed by atoms with E-state index in [-0.39, 0.29) is 4.93 Å². The van der Waals surface area contributed by atoms with Crippen molar-refractivity contribution >= 4 is 17.5 Å². The number of hydrogen-bond donors (Lipinski definition) is 0. The third kappa shape index (κ3) is 0.698. The van der Waals surface area contributed by atoms with E-state index in [1.54, 1.807) is 0 Å². The van der Waals surface area contributed by atoms with Crippen LogP contribution in [0, 0.1) is 5.92 Å². The minimum absolute atomic E-state index is 0.00984. The standard InChI is InChI=1S/C7H11NOS/c1-5-6-3-4-10-7(6,2)9-8-5/h6H,3-4H2,1-2H3. The molecule has 10 heavy (non-hydrogen) atoms. The van der Waals surface area contributed by atoms with E-state index in [0.29, 0.717) is 5.92 Å². The molecule has 2 aliphatic heterocycles. The van der Waals surface area contributed by atoms with Gasteiger partial charge in [-0.25, -0.2) is 0 Å². The summed E-state index contributed by atoms with van der Waals surface area (Å²) in [5, 5.41) is 3.99. The molecule has 2 rings (SSSR count). The first-order valence-corrected chi connectivity index (χ1v) is 4.57. The summed E-state index contributed by atoms with van der Waals surface area (Å²) in [5.41, 5.74) is 1.17. The smallest absolute Gasteiger partial charge is 0.188 e. The van der Waals surface area contributed by atoms with Crippen molar-refractivity contribution < 1.29 is 4.84 Å². The Hall–Kier alpha value is -0.180. The third-order valence-corrected chi connectivity index (χ3v) is 3.68. The van der Waals surface area contributed by atoms with Gasteiger partial charge in [-0.15, -0.1) is 11.8 Å². The van der Waals surface area contributed by atoms with Gasteiger partial charge >= 0.3 is 0 Å². The molecule has 0 bridgehead atoms. The summed E-state index contributed by atoms with van der Waals surface area (Å²) in [6.07, 6.45) is 1.23. The molecule has 2 aliphatic rings. The Kier molecular flexibility index (Phi) is 1.24. The molecule has 2 unspecified atom stereocenters. The number of nitrogens with zero attached hydrogens (tertiary/aromatic N) is 1. The zero-order valence-electron chi connectivity index (χ0n) is 6.26. The lowest BCUT2D eigenvalue weighted by molar-refractivity contribution is 0.0518. The summed E-state index contributed by atoms with van der Waals surface area (Å²) in [6.45, 7) is 4.19. The van der Waals surface area contributed by atoms with Crippen LogP contribution in [0.1, 0.15) is 20.3 Å². The van der Waals surface area contributed by atoms with Crippen molar-refractivity contribution in [3.8, 4) is 0 Å². The van der Waals surface area contributed by atoms with Crippen LogP contribution in [0.3, 0.4) is 0 Å². The minimum Gasteiger partial charge on any atom is -0.378 e. The molecule has 3 heteroatoms. The predicted molar refractivity (Wildman–Crippen MR) is 43.2 cm³/mol. The molecule has 0 radical (unpaired) electrons. The van der Waals surface area contributed by atoms with E-state index in [1.807, 2.05) is 11.8 Å². The first-order chi connectivity index (χ1) is 4.72. The second-order valence-corrected chi connectivity index (χ2v) is 4.54. The van der Waals surface area contributed by atoms with Crippen LogP contribution in [-0.2, 0) is 4.84 Å². The maximum atomic E-state index is 5.33. The van der Waals surface area contributed by atoms with E-state index in [9.17, 15) is 0 Å². The Bertz CT molecular complexity index is 192. The van der Waals surface area contributed by atoms with Crippen LogP contribution < -0.4 is 0 Å². The Morgan fingerprint density at radius 3 is 3.30 bits per heavy atom. The third-order valence-electron chi connectivity index (χ3n) is 2.30.